The number of nitrogens with zero attached hydrogens (tertiary/aromatic N) is 2. The first kappa shape index (κ1) is 17.3. The number of benzene rings is 2. The summed E-state index contributed by atoms with van der Waals surface area (Å²) in [5.41, 5.74) is 3.07. The molecule has 0 spiro atoms. The van der Waals surface area contributed by atoms with Gasteiger partial charge in [0.15, 0.2) is 0 Å². The summed E-state index contributed by atoms with van der Waals surface area (Å²) in [4.78, 5) is 22.9. The molecule has 0 saturated carbocycles. The van der Waals surface area contributed by atoms with Crippen molar-refractivity contribution in [1.82, 2.24) is 5.43 Å². The van der Waals surface area contributed by atoms with Gasteiger partial charge in [-0.05, 0) is 29.8 Å². The number of amides is 1. The lowest BCUT2D eigenvalue weighted by molar-refractivity contribution is -0.384. The van der Waals surface area contributed by atoms with Crippen LogP contribution in [0.5, 0.6) is 0 Å². The van der Waals surface area contributed by atoms with Crippen LogP contribution in [-0.4, -0.2) is 17.0 Å². The predicted octanol–water partition coefficient (Wildman–Crippen LogP) is 4.88. The molecule has 126 valence electrons. The fourth-order valence-electron chi connectivity index (χ4n) is 2.07. The molecule has 0 atom stereocenters. The van der Waals surface area contributed by atoms with Gasteiger partial charge in [0.05, 0.1) is 26.1 Å². The van der Waals surface area contributed by atoms with Gasteiger partial charge >= 0.3 is 0 Å². The number of halogens is 2. The van der Waals surface area contributed by atoms with Gasteiger partial charge < -0.3 is 0 Å². The van der Waals surface area contributed by atoms with Crippen LogP contribution in [0.15, 0.2) is 47.6 Å². The number of carbonyl (C=O) groups is 1. The van der Waals surface area contributed by atoms with E-state index in [-0.39, 0.29) is 5.69 Å². The highest BCUT2D eigenvalue weighted by atomic mass is 35.5. The molecule has 6 nitrogen and oxygen atoms in total. The number of nitro benzene ring substituents is 1. The minimum absolute atomic E-state index is 0.0186. The van der Waals surface area contributed by atoms with Crippen molar-refractivity contribution >= 4 is 62.4 Å². The van der Waals surface area contributed by atoms with Crippen molar-refractivity contribution in [1.29, 1.82) is 0 Å². The van der Waals surface area contributed by atoms with Crippen molar-refractivity contribution in [2.24, 2.45) is 5.10 Å². The number of carbonyl (C=O) groups excluding carboxylic acids is 1. The summed E-state index contributed by atoms with van der Waals surface area (Å²) in [5.74, 6) is -0.403. The molecule has 9 heteroatoms. The standard InChI is InChI=1S/C16H9Cl2N3O3S/c17-12-3-1-9(5-13(12)18)8-19-20-16(22)15-7-10-6-11(21(23)24)2-4-14(10)25-15/h1-8H,(H,20,22). The maximum Gasteiger partial charge on any atom is 0.281 e. The van der Waals surface area contributed by atoms with Crippen LogP contribution in [0.1, 0.15) is 15.2 Å². The molecular formula is C16H9Cl2N3O3S. The molecule has 1 heterocycles. The number of nitrogens with one attached hydrogen (secondary N) is 1. The number of non-ortho nitro benzene ring substituents is 1. The number of rotatable bonds is 4. The van der Waals surface area contributed by atoms with Gasteiger partial charge in [-0.25, -0.2) is 5.43 Å². The third-order valence-corrected chi connectivity index (χ3v) is 5.11. The Morgan fingerprint density at radius 2 is 1.96 bits per heavy atom. The monoisotopic (exact) mass is 393 g/mol. The fourth-order valence-corrected chi connectivity index (χ4v) is 3.31. The zero-order valence-electron chi connectivity index (χ0n) is 12.4. The largest absolute Gasteiger partial charge is 0.281 e. The Labute approximate surface area is 155 Å². The Kier molecular flexibility index (Phi) is 4.98. The van der Waals surface area contributed by atoms with Crippen molar-refractivity contribution in [2.45, 2.75) is 0 Å². The van der Waals surface area contributed by atoms with E-state index in [1.165, 1.54) is 29.7 Å². The molecule has 0 aliphatic rings. The molecule has 0 aliphatic heterocycles. The molecular weight excluding hydrogens is 385 g/mol. The molecule has 1 amide bonds. The quantitative estimate of drug-likeness (QED) is 0.389. The van der Waals surface area contributed by atoms with E-state index < -0.39 is 10.8 Å². The van der Waals surface area contributed by atoms with Gasteiger partial charge in [-0.1, -0.05) is 29.3 Å². The molecule has 0 unspecified atom stereocenters. The lowest BCUT2D eigenvalue weighted by Crippen LogP contribution is -2.16. The van der Waals surface area contributed by atoms with E-state index >= 15 is 0 Å². The lowest BCUT2D eigenvalue weighted by Gasteiger charge is -1.98. The molecule has 25 heavy (non-hydrogen) atoms. The molecule has 0 saturated heterocycles. The van der Waals surface area contributed by atoms with Crippen LogP contribution in [0.2, 0.25) is 10.0 Å². The molecule has 0 bridgehead atoms. The van der Waals surface area contributed by atoms with Crippen LogP contribution in [-0.2, 0) is 0 Å². The van der Waals surface area contributed by atoms with Gasteiger partial charge in [0.25, 0.3) is 11.6 Å². The smallest absolute Gasteiger partial charge is 0.266 e. The van der Waals surface area contributed by atoms with Crippen LogP contribution in [0.25, 0.3) is 10.1 Å². The second-order valence-corrected chi connectivity index (χ2v) is 6.86. The first-order chi connectivity index (χ1) is 11.9. The van der Waals surface area contributed by atoms with E-state index in [4.69, 9.17) is 23.2 Å². The van der Waals surface area contributed by atoms with Crippen LogP contribution in [0.3, 0.4) is 0 Å². The second-order valence-electron chi connectivity index (χ2n) is 4.96. The van der Waals surface area contributed by atoms with E-state index in [0.29, 0.717) is 25.9 Å². The third-order valence-electron chi connectivity index (χ3n) is 3.26. The van der Waals surface area contributed by atoms with Crippen molar-refractivity contribution in [3.05, 3.63) is 73.1 Å². The lowest BCUT2D eigenvalue weighted by atomic mass is 10.2. The van der Waals surface area contributed by atoms with Crippen LogP contribution < -0.4 is 5.43 Å². The molecule has 0 aliphatic carbocycles. The van der Waals surface area contributed by atoms with Crippen molar-refractivity contribution < 1.29 is 9.72 Å². The maximum atomic E-state index is 12.1. The zero-order chi connectivity index (χ0) is 18.0. The number of nitro groups is 1. The molecule has 3 rings (SSSR count). The molecule has 0 fully saturated rings. The van der Waals surface area contributed by atoms with Crippen LogP contribution >= 0.6 is 34.5 Å². The minimum Gasteiger partial charge on any atom is -0.266 e. The molecule has 0 radical (unpaired) electrons. The van der Waals surface area contributed by atoms with Gasteiger partial charge in [-0.15, -0.1) is 11.3 Å². The van der Waals surface area contributed by atoms with E-state index in [1.54, 1.807) is 30.3 Å². The van der Waals surface area contributed by atoms with Crippen molar-refractivity contribution in [3.63, 3.8) is 0 Å². The summed E-state index contributed by atoms with van der Waals surface area (Å²) in [6, 6.07) is 11.0. The normalized spacial score (nSPS) is 11.1. The summed E-state index contributed by atoms with van der Waals surface area (Å²) in [7, 11) is 0. The summed E-state index contributed by atoms with van der Waals surface area (Å²) in [5, 5.41) is 16.1. The van der Waals surface area contributed by atoms with Gasteiger partial charge in [-0.2, -0.15) is 5.10 Å². The zero-order valence-corrected chi connectivity index (χ0v) is 14.7. The molecule has 2 aromatic carbocycles. The average Bonchev–Trinajstić information content (AvgIpc) is 3.01. The van der Waals surface area contributed by atoms with Crippen molar-refractivity contribution in [2.75, 3.05) is 0 Å². The average molecular weight is 394 g/mol. The minimum atomic E-state index is -0.474. The molecule has 1 N–H and O–H groups in total. The Morgan fingerprint density at radius 1 is 1.16 bits per heavy atom. The fraction of sp³-hybridized carbons (Fsp3) is 0. The summed E-state index contributed by atoms with van der Waals surface area (Å²) < 4.78 is 0.782. The van der Waals surface area contributed by atoms with Crippen molar-refractivity contribution in [3.8, 4) is 0 Å². The molecule has 1 aromatic heterocycles. The number of thiophene rings is 1. The van der Waals surface area contributed by atoms with Crippen LogP contribution in [0, 0.1) is 10.1 Å². The Bertz CT molecular complexity index is 1020. The van der Waals surface area contributed by atoms with E-state index in [1.807, 2.05) is 0 Å². The highest BCUT2D eigenvalue weighted by Crippen LogP contribution is 2.29. The summed E-state index contributed by atoms with van der Waals surface area (Å²) in [6.45, 7) is 0. The highest BCUT2D eigenvalue weighted by molar-refractivity contribution is 7.20. The first-order valence-corrected chi connectivity index (χ1v) is 8.48. The Balaban J connectivity index is 1.74. The Hall–Kier alpha value is -2.48. The van der Waals surface area contributed by atoms with Gasteiger partial charge in [-0.3, -0.25) is 14.9 Å². The number of fused-ring (bicyclic) bond motifs is 1. The second kappa shape index (κ2) is 7.18. The third kappa shape index (κ3) is 3.96. The van der Waals surface area contributed by atoms with E-state index in [2.05, 4.69) is 10.5 Å². The maximum absolute atomic E-state index is 12.1. The summed E-state index contributed by atoms with van der Waals surface area (Å²) >= 11 is 13.0. The first-order valence-electron chi connectivity index (χ1n) is 6.90. The number of hydrogen-bond donors (Lipinski definition) is 1. The van der Waals surface area contributed by atoms with E-state index in [0.717, 1.165) is 4.70 Å². The van der Waals surface area contributed by atoms with Gasteiger partial charge in [0.1, 0.15) is 0 Å². The Morgan fingerprint density at radius 3 is 2.68 bits per heavy atom. The number of hydrazone groups is 1. The topological polar surface area (TPSA) is 84.6 Å². The highest BCUT2D eigenvalue weighted by Gasteiger charge is 2.12. The SMILES string of the molecule is O=C(NN=Cc1ccc(Cl)c(Cl)c1)c1cc2cc([N+](=O)[O-])ccc2s1. The van der Waals surface area contributed by atoms with E-state index in [9.17, 15) is 14.9 Å². The van der Waals surface area contributed by atoms with Gasteiger partial charge in [0, 0.05) is 22.2 Å². The predicted molar refractivity (Wildman–Crippen MR) is 100 cm³/mol. The number of hydrogen-bond acceptors (Lipinski definition) is 5. The summed E-state index contributed by atoms with van der Waals surface area (Å²) in [6.07, 6.45) is 1.44. The van der Waals surface area contributed by atoms with Gasteiger partial charge in [0.2, 0.25) is 0 Å². The molecule has 3 aromatic rings. The van der Waals surface area contributed by atoms with Crippen LogP contribution in [0.4, 0.5) is 5.69 Å².